The summed E-state index contributed by atoms with van der Waals surface area (Å²) in [6.45, 7) is 5.76. The Morgan fingerprint density at radius 3 is 2.41 bits per heavy atom. The topological polar surface area (TPSA) is 44.5 Å². The van der Waals surface area contributed by atoms with Crippen LogP contribution in [0.5, 0.6) is 0 Å². The molecule has 0 bridgehead atoms. The van der Waals surface area contributed by atoms with Crippen LogP contribution < -0.4 is 10.9 Å². The molecule has 0 saturated carbocycles. The average molecular weight is 251 g/mol. The molecule has 1 aromatic carbocycles. The van der Waals surface area contributed by atoms with Crippen LogP contribution in [-0.4, -0.2) is 33.8 Å². The fourth-order valence-corrected chi connectivity index (χ4v) is 6.22. The van der Waals surface area contributed by atoms with Gasteiger partial charge in [-0.25, -0.2) is 0 Å². The van der Waals surface area contributed by atoms with E-state index in [2.05, 4.69) is 38.1 Å². The van der Waals surface area contributed by atoms with E-state index in [1.807, 2.05) is 6.07 Å². The molecule has 1 saturated heterocycles. The number of ether oxygens (including phenoxy) is 1. The molecule has 94 valence electrons. The van der Waals surface area contributed by atoms with E-state index in [1.54, 1.807) is 0 Å². The summed E-state index contributed by atoms with van der Waals surface area (Å²) in [4.78, 5) is 0. The molecule has 1 heterocycles. The summed E-state index contributed by atoms with van der Waals surface area (Å²) in [5.41, 5.74) is 6.58. The Kier molecular flexibility index (Phi) is 3.99. The maximum absolute atomic E-state index is 6.31. The quantitative estimate of drug-likeness (QED) is 0.799. The second-order valence-corrected chi connectivity index (χ2v) is 8.68. The molecule has 0 spiro atoms. The highest BCUT2D eigenvalue weighted by Crippen LogP contribution is 2.30. The molecule has 1 fully saturated rings. The Labute approximate surface area is 104 Å². The largest absolute Gasteiger partial charge is 0.408 e. The lowest BCUT2D eigenvalue weighted by molar-refractivity contribution is 0.0229. The van der Waals surface area contributed by atoms with E-state index in [9.17, 15) is 0 Å². The number of benzene rings is 1. The minimum Gasteiger partial charge on any atom is -0.408 e. The maximum Gasteiger partial charge on any atom is 0.245 e. The summed E-state index contributed by atoms with van der Waals surface area (Å²) in [6, 6.07) is 10.5. The molecule has 1 aliphatic heterocycles. The van der Waals surface area contributed by atoms with Gasteiger partial charge in [0.15, 0.2) is 0 Å². The van der Waals surface area contributed by atoms with Crippen molar-refractivity contribution >= 4 is 13.5 Å². The highest BCUT2D eigenvalue weighted by Gasteiger charge is 2.48. The SMILES string of the molecule is CC(C)O[Si](CN)(c1ccccc1)C1COC1. The van der Waals surface area contributed by atoms with Gasteiger partial charge >= 0.3 is 0 Å². The molecule has 0 aliphatic carbocycles. The highest BCUT2D eigenvalue weighted by molar-refractivity contribution is 6.88. The van der Waals surface area contributed by atoms with E-state index in [4.69, 9.17) is 14.9 Å². The van der Waals surface area contributed by atoms with Crippen LogP contribution in [0.15, 0.2) is 30.3 Å². The van der Waals surface area contributed by atoms with Gasteiger partial charge in [-0.1, -0.05) is 30.3 Å². The second kappa shape index (κ2) is 5.31. The second-order valence-electron chi connectivity index (χ2n) is 4.86. The lowest BCUT2D eigenvalue weighted by Crippen LogP contribution is -2.65. The van der Waals surface area contributed by atoms with Crippen molar-refractivity contribution in [2.24, 2.45) is 5.73 Å². The predicted octanol–water partition coefficient (Wildman–Crippen LogP) is 1.16. The molecule has 4 heteroatoms. The molecule has 2 N–H and O–H groups in total. The fraction of sp³-hybridized carbons (Fsp3) is 0.538. The van der Waals surface area contributed by atoms with Gasteiger partial charge in [0.2, 0.25) is 8.32 Å². The van der Waals surface area contributed by atoms with Gasteiger partial charge in [0.1, 0.15) is 0 Å². The van der Waals surface area contributed by atoms with Crippen molar-refractivity contribution in [2.45, 2.75) is 25.5 Å². The Morgan fingerprint density at radius 1 is 1.35 bits per heavy atom. The van der Waals surface area contributed by atoms with Gasteiger partial charge in [0.05, 0.1) is 13.2 Å². The van der Waals surface area contributed by atoms with Gasteiger partial charge in [-0.2, -0.15) is 0 Å². The van der Waals surface area contributed by atoms with Crippen molar-refractivity contribution in [3.63, 3.8) is 0 Å². The molecule has 3 nitrogen and oxygen atoms in total. The lowest BCUT2D eigenvalue weighted by Gasteiger charge is -2.43. The van der Waals surface area contributed by atoms with Gasteiger partial charge in [-0.15, -0.1) is 0 Å². The number of nitrogens with two attached hydrogens (primary N) is 1. The fourth-order valence-electron chi connectivity index (χ4n) is 2.38. The molecular weight excluding hydrogens is 230 g/mol. The van der Waals surface area contributed by atoms with Crippen molar-refractivity contribution in [2.75, 3.05) is 19.4 Å². The molecule has 0 aromatic heterocycles. The first-order chi connectivity index (χ1) is 8.19. The van der Waals surface area contributed by atoms with Gasteiger partial charge < -0.3 is 14.9 Å². The predicted molar refractivity (Wildman–Crippen MR) is 71.7 cm³/mol. The van der Waals surface area contributed by atoms with E-state index < -0.39 is 8.32 Å². The van der Waals surface area contributed by atoms with Gasteiger partial charge in [-0.05, 0) is 19.0 Å². The molecular formula is C13H21NO2Si. The van der Waals surface area contributed by atoms with Gasteiger partial charge in [-0.3, -0.25) is 0 Å². The molecule has 2 rings (SSSR count). The third-order valence-electron chi connectivity index (χ3n) is 3.31. The van der Waals surface area contributed by atoms with E-state index in [1.165, 1.54) is 5.19 Å². The normalized spacial score (nSPS) is 20.0. The first kappa shape index (κ1) is 12.8. The monoisotopic (exact) mass is 251 g/mol. The van der Waals surface area contributed by atoms with E-state index in [0.717, 1.165) is 13.2 Å². The molecule has 0 amide bonds. The van der Waals surface area contributed by atoms with Crippen LogP contribution in [0.1, 0.15) is 13.8 Å². The zero-order valence-electron chi connectivity index (χ0n) is 10.6. The molecule has 1 aromatic rings. The summed E-state index contributed by atoms with van der Waals surface area (Å²) < 4.78 is 11.7. The lowest BCUT2D eigenvalue weighted by atomic mass is 10.4. The summed E-state index contributed by atoms with van der Waals surface area (Å²) in [5.74, 6) is 0. The molecule has 0 radical (unpaired) electrons. The van der Waals surface area contributed by atoms with Crippen LogP contribution in [0, 0.1) is 0 Å². The summed E-state index contributed by atoms with van der Waals surface area (Å²) in [6.07, 6.45) is 0.842. The summed E-state index contributed by atoms with van der Waals surface area (Å²) >= 11 is 0. The Bertz CT molecular complexity index is 354. The minimum absolute atomic E-state index is 0.214. The Hall–Kier alpha value is -0.683. The van der Waals surface area contributed by atoms with Crippen LogP contribution in [-0.2, 0) is 9.16 Å². The van der Waals surface area contributed by atoms with Crippen LogP contribution in [0.25, 0.3) is 0 Å². The van der Waals surface area contributed by atoms with Crippen molar-refractivity contribution in [3.05, 3.63) is 30.3 Å². The zero-order chi connectivity index (χ0) is 12.3. The summed E-state index contributed by atoms with van der Waals surface area (Å²) in [7, 11) is -2.07. The van der Waals surface area contributed by atoms with E-state index in [-0.39, 0.29) is 6.10 Å². The van der Waals surface area contributed by atoms with Crippen LogP contribution in [0.4, 0.5) is 0 Å². The highest BCUT2D eigenvalue weighted by atomic mass is 28.4. The number of hydrogen-bond donors (Lipinski definition) is 1. The first-order valence-corrected chi connectivity index (χ1v) is 8.39. The van der Waals surface area contributed by atoms with Crippen molar-refractivity contribution in [1.82, 2.24) is 0 Å². The Morgan fingerprint density at radius 2 is 2.00 bits per heavy atom. The molecule has 1 atom stereocenters. The average Bonchev–Trinajstić information content (AvgIpc) is 2.26. The van der Waals surface area contributed by atoms with Crippen LogP contribution in [0.3, 0.4) is 0 Å². The Balaban J connectivity index is 2.33. The smallest absolute Gasteiger partial charge is 0.245 e. The van der Waals surface area contributed by atoms with Crippen molar-refractivity contribution < 1.29 is 9.16 Å². The molecule has 1 unspecified atom stereocenters. The van der Waals surface area contributed by atoms with Crippen molar-refractivity contribution in [1.29, 1.82) is 0 Å². The van der Waals surface area contributed by atoms with Crippen LogP contribution >= 0.6 is 0 Å². The van der Waals surface area contributed by atoms with Gasteiger partial charge in [0, 0.05) is 17.8 Å². The third-order valence-corrected chi connectivity index (χ3v) is 7.77. The standard InChI is InChI=1S/C13H21NO2Si/c1-11(2)16-17(10-14,13-8-15-9-13)12-6-4-3-5-7-12/h3-7,11,13H,8-10,14H2,1-2H3. The molecule has 1 aliphatic rings. The van der Waals surface area contributed by atoms with Gasteiger partial charge in [0.25, 0.3) is 0 Å². The summed E-state index contributed by atoms with van der Waals surface area (Å²) in [5, 5.41) is 1.30. The minimum atomic E-state index is -2.07. The number of hydrogen-bond acceptors (Lipinski definition) is 3. The van der Waals surface area contributed by atoms with E-state index in [0.29, 0.717) is 11.7 Å². The zero-order valence-corrected chi connectivity index (χ0v) is 11.6. The number of rotatable bonds is 5. The molecule has 17 heavy (non-hydrogen) atoms. The van der Waals surface area contributed by atoms with Crippen molar-refractivity contribution in [3.8, 4) is 0 Å². The third kappa shape index (κ3) is 2.45. The van der Waals surface area contributed by atoms with E-state index >= 15 is 0 Å². The first-order valence-electron chi connectivity index (χ1n) is 6.20. The maximum atomic E-state index is 6.31. The van der Waals surface area contributed by atoms with Crippen LogP contribution in [0.2, 0.25) is 5.54 Å².